The summed E-state index contributed by atoms with van der Waals surface area (Å²) < 4.78 is 4.77. The van der Waals surface area contributed by atoms with E-state index in [0.29, 0.717) is 12.2 Å². The summed E-state index contributed by atoms with van der Waals surface area (Å²) in [5.74, 6) is 1.11. The van der Waals surface area contributed by atoms with Gasteiger partial charge in [-0.25, -0.2) is 9.59 Å². The molecule has 0 saturated carbocycles. The van der Waals surface area contributed by atoms with Gasteiger partial charge >= 0.3 is 5.97 Å². The van der Waals surface area contributed by atoms with E-state index < -0.39 is 12.0 Å². The van der Waals surface area contributed by atoms with Gasteiger partial charge in [0.2, 0.25) is 0 Å². The highest BCUT2D eigenvalue weighted by Crippen LogP contribution is 2.28. The van der Waals surface area contributed by atoms with Crippen LogP contribution in [0.15, 0.2) is 39.4 Å². The summed E-state index contributed by atoms with van der Waals surface area (Å²) in [5.41, 5.74) is 3.17. The van der Waals surface area contributed by atoms with Gasteiger partial charge in [0.05, 0.1) is 24.8 Å². The number of halogens is 2. The molecule has 0 aromatic rings. The molecule has 0 aromatic heterocycles. The number of carbonyl (C=O) groups excluding carboxylic acids is 2. The van der Waals surface area contributed by atoms with Crippen molar-refractivity contribution in [1.82, 2.24) is 5.48 Å². The fourth-order valence-corrected chi connectivity index (χ4v) is 1.98. The molecule has 0 aliphatic heterocycles. The molecule has 1 N–H and O–H groups in total. The Bertz CT molecular complexity index is 545. The Morgan fingerprint density at radius 2 is 2.19 bits per heavy atom. The van der Waals surface area contributed by atoms with Crippen LogP contribution in [0, 0.1) is 0 Å². The lowest BCUT2D eigenvalue weighted by atomic mass is 9.95. The Labute approximate surface area is 132 Å². The molecule has 0 bridgehead atoms. The van der Waals surface area contributed by atoms with E-state index in [2.05, 4.69) is 5.48 Å². The number of ether oxygens (including phenoxy) is 1. The van der Waals surface area contributed by atoms with Crippen LogP contribution in [0.1, 0.15) is 13.8 Å². The van der Waals surface area contributed by atoms with Crippen LogP contribution < -0.4 is 5.48 Å². The first-order chi connectivity index (χ1) is 10.0. The van der Waals surface area contributed by atoms with Crippen molar-refractivity contribution < 1.29 is 19.2 Å². The Kier molecular flexibility index (Phi) is 7.43. The highest BCUT2D eigenvalue weighted by molar-refractivity contribution is 6.41. The van der Waals surface area contributed by atoms with Crippen LogP contribution in [0.3, 0.4) is 0 Å². The molecule has 0 amide bonds. The molecule has 114 valence electrons. The average Bonchev–Trinajstić information content (AvgIpc) is 2.47. The van der Waals surface area contributed by atoms with Gasteiger partial charge in [0.25, 0.3) is 0 Å². The standard InChI is InChI=1S/C14H15Cl2NO4/c1-3-20-14(19)12(16)7-9-10(8-18)13(17-21-4-2)6-5-11(9)15/h5-7,13,17H,3-4H2,1-2H3. The highest BCUT2D eigenvalue weighted by atomic mass is 35.5. The smallest absolute Gasteiger partial charge is 0.349 e. The Hall–Kier alpha value is -1.36. The van der Waals surface area contributed by atoms with E-state index in [4.69, 9.17) is 32.8 Å². The molecule has 1 unspecified atom stereocenters. The van der Waals surface area contributed by atoms with E-state index in [9.17, 15) is 9.59 Å². The van der Waals surface area contributed by atoms with E-state index in [1.54, 1.807) is 31.9 Å². The van der Waals surface area contributed by atoms with Gasteiger partial charge in [-0.1, -0.05) is 29.3 Å². The van der Waals surface area contributed by atoms with Gasteiger partial charge in [0, 0.05) is 10.6 Å². The molecule has 0 spiro atoms. The molecule has 0 heterocycles. The molecule has 0 fully saturated rings. The second-order valence-corrected chi connectivity index (χ2v) is 4.69. The fraction of sp³-hybridized carbons (Fsp3) is 0.357. The van der Waals surface area contributed by atoms with Crippen molar-refractivity contribution in [3.05, 3.63) is 39.4 Å². The summed E-state index contributed by atoms with van der Waals surface area (Å²) in [7, 11) is 0. The predicted octanol–water partition coefficient (Wildman–Crippen LogP) is 2.40. The summed E-state index contributed by atoms with van der Waals surface area (Å²) in [6.07, 6.45) is 4.51. The van der Waals surface area contributed by atoms with Crippen molar-refractivity contribution in [3.63, 3.8) is 0 Å². The molecule has 0 saturated heterocycles. The number of esters is 1. The minimum absolute atomic E-state index is 0.178. The normalized spacial score (nSPS) is 18.8. The van der Waals surface area contributed by atoms with E-state index in [1.165, 1.54) is 6.08 Å². The van der Waals surface area contributed by atoms with Crippen LogP contribution >= 0.6 is 23.2 Å². The minimum Gasteiger partial charge on any atom is -0.462 e. The fourth-order valence-electron chi connectivity index (χ4n) is 1.59. The zero-order chi connectivity index (χ0) is 15.8. The number of carbonyl (C=O) groups is 1. The van der Waals surface area contributed by atoms with Crippen molar-refractivity contribution in [1.29, 1.82) is 0 Å². The van der Waals surface area contributed by atoms with Crippen LogP contribution in [-0.4, -0.2) is 31.2 Å². The van der Waals surface area contributed by atoms with Gasteiger partial charge in [-0.2, -0.15) is 5.48 Å². The lowest BCUT2D eigenvalue weighted by Crippen LogP contribution is -2.31. The van der Waals surface area contributed by atoms with E-state index in [-0.39, 0.29) is 22.2 Å². The maximum absolute atomic E-state index is 11.5. The van der Waals surface area contributed by atoms with E-state index >= 15 is 0 Å². The first-order valence-corrected chi connectivity index (χ1v) is 7.05. The molecule has 1 atom stereocenters. The van der Waals surface area contributed by atoms with Gasteiger partial charge in [0.1, 0.15) is 11.0 Å². The summed E-state index contributed by atoms with van der Waals surface area (Å²) in [6, 6.07) is -0.525. The molecule has 7 heteroatoms. The van der Waals surface area contributed by atoms with Crippen LogP contribution in [0.2, 0.25) is 0 Å². The van der Waals surface area contributed by atoms with Gasteiger partial charge in [-0.3, -0.25) is 0 Å². The SMILES string of the molecule is CCONC1C=CC(Cl)=C(C=C(Cl)C(=O)OCC)C1=C=O. The van der Waals surface area contributed by atoms with Crippen LogP contribution in [0.25, 0.3) is 0 Å². The molecular weight excluding hydrogens is 317 g/mol. The summed E-state index contributed by atoms with van der Waals surface area (Å²) in [4.78, 5) is 27.8. The zero-order valence-electron chi connectivity index (χ0n) is 11.6. The lowest BCUT2D eigenvalue weighted by Gasteiger charge is -2.20. The number of allylic oxidation sites excluding steroid dienone is 3. The van der Waals surface area contributed by atoms with Crippen LogP contribution in [0.4, 0.5) is 0 Å². The second-order valence-electron chi connectivity index (χ2n) is 3.88. The number of hydrogen-bond donors (Lipinski definition) is 1. The average molecular weight is 332 g/mol. The van der Waals surface area contributed by atoms with Crippen LogP contribution in [-0.2, 0) is 19.2 Å². The molecule has 1 rings (SSSR count). The number of hydroxylamine groups is 1. The van der Waals surface area contributed by atoms with Crippen molar-refractivity contribution in [2.24, 2.45) is 0 Å². The summed E-state index contributed by atoms with van der Waals surface area (Å²) in [6.45, 7) is 4.07. The van der Waals surface area contributed by atoms with E-state index in [0.717, 1.165) is 0 Å². The summed E-state index contributed by atoms with van der Waals surface area (Å²) in [5, 5.41) is 0.0913. The maximum atomic E-state index is 11.5. The van der Waals surface area contributed by atoms with E-state index in [1.807, 2.05) is 0 Å². The molecule has 21 heavy (non-hydrogen) atoms. The van der Waals surface area contributed by atoms with Crippen LogP contribution in [0.5, 0.6) is 0 Å². The topological polar surface area (TPSA) is 64.6 Å². The molecule has 0 aromatic carbocycles. The Morgan fingerprint density at radius 1 is 1.48 bits per heavy atom. The first-order valence-electron chi connectivity index (χ1n) is 6.30. The monoisotopic (exact) mass is 331 g/mol. The third kappa shape index (κ3) is 4.84. The molecule has 1 aliphatic rings. The zero-order valence-corrected chi connectivity index (χ0v) is 13.1. The molecule has 1 aliphatic carbocycles. The number of hydrogen-bond acceptors (Lipinski definition) is 5. The Morgan fingerprint density at radius 3 is 2.76 bits per heavy atom. The molecule has 0 radical (unpaired) electrons. The van der Waals surface area contributed by atoms with Gasteiger partial charge in [-0.15, -0.1) is 0 Å². The van der Waals surface area contributed by atoms with Crippen molar-refractivity contribution in [2.45, 2.75) is 19.9 Å². The largest absolute Gasteiger partial charge is 0.462 e. The summed E-state index contributed by atoms with van der Waals surface area (Å²) >= 11 is 11.9. The minimum atomic E-state index is -0.690. The number of rotatable bonds is 6. The van der Waals surface area contributed by atoms with Gasteiger partial charge in [0.15, 0.2) is 0 Å². The maximum Gasteiger partial charge on any atom is 0.349 e. The highest BCUT2D eigenvalue weighted by Gasteiger charge is 2.23. The predicted molar refractivity (Wildman–Crippen MR) is 80.3 cm³/mol. The van der Waals surface area contributed by atoms with Gasteiger partial charge < -0.3 is 9.57 Å². The Balaban J connectivity index is 3.07. The molecular formula is C14H15Cl2NO4. The number of nitrogens with one attached hydrogen (secondary N) is 1. The van der Waals surface area contributed by atoms with Crippen molar-refractivity contribution >= 4 is 35.1 Å². The van der Waals surface area contributed by atoms with Crippen molar-refractivity contribution in [2.75, 3.05) is 13.2 Å². The third-order valence-electron chi connectivity index (χ3n) is 2.50. The van der Waals surface area contributed by atoms with Crippen molar-refractivity contribution in [3.8, 4) is 0 Å². The first kappa shape index (κ1) is 17.7. The third-order valence-corrected chi connectivity index (χ3v) is 3.09. The van der Waals surface area contributed by atoms with Gasteiger partial charge in [-0.05, 0) is 26.0 Å². The second kappa shape index (κ2) is 8.82. The lowest BCUT2D eigenvalue weighted by molar-refractivity contribution is -0.137. The molecule has 5 nitrogen and oxygen atoms in total. The quantitative estimate of drug-likeness (QED) is 0.350.